The third-order valence-corrected chi connectivity index (χ3v) is 4.77. The molecule has 154 valence electrons. The molecule has 1 aromatic rings. The second-order valence-corrected chi connectivity index (χ2v) is 6.95. The number of benzene rings is 1. The molecule has 0 aromatic heterocycles. The van der Waals surface area contributed by atoms with Crippen molar-refractivity contribution in [3.63, 3.8) is 0 Å². The first-order valence-corrected chi connectivity index (χ1v) is 9.94. The fourth-order valence-electron chi connectivity index (χ4n) is 3.20. The van der Waals surface area contributed by atoms with E-state index in [0.717, 1.165) is 37.0 Å². The van der Waals surface area contributed by atoms with Crippen molar-refractivity contribution in [1.29, 1.82) is 0 Å². The first-order valence-electron chi connectivity index (χ1n) is 9.94. The van der Waals surface area contributed by atoms with E-state index >= 15 is 0 Å². The Labute approximate surface area is 166 Å². The van der Waals surface area contributed by atoms with Crippen molar-refractivity contribution in [2.45, 2.75) is 57.8 Å². The minimum absolute atomic E-state index is 0.220. The van der Waals surface area contributed by atoms with Crippen LogP contribution in [0.15, 0.2) is 23.3 Å². The Kier molecular flexibility index (Phi) is 9.31. The number of carbonyl (C=O) groups is 2. The molecule has 0 heterocycles. The van der Waals surface area contributed by atoms with Gasteiger partial charge in [-0.25, -0.2) is 5.43 Å². The van der Waals surface area contributed by atoms with Crippen molar-refractivity contribution >= 4 is 17.5 Å². The summed E-state index contributed by atoms with van der Waals surface area (Å²) in [5.74, 6) is 0.630. The quantitative estimate of drug-likeness (QED) is 0.528. The van der Waals surface area contributed by atoms with E-state index in [2.05, 4.69) is 15.8 Å². The molecule has 0 saturated heterocycles. The fourth-order valence-corrected chi connectivity index (χ4v) is 3.20. The van der Waals surface area contributed by atoms with E-state index in [1.807, 2.05) is 18.2 Å². The van der Waals surface area contributed by atoms with Crippen LogP contribution in [0, 0.1) is 0 Å². The van der Waals surface area contributed by atoms with Crippen LogP contribution in [-0.4, -0.2) is 38.3 Å². The minimum atomic E-state index is -0.377. The van der Waals surface area contributed by atoms with E-state index in [0.29, 0.717) is 24.5 Å². The number of amides is 2. The van der Waals surface area contributed by atoms with Gasteiger partial charge in [-0.05, 0) is 49.8 Å². The van der Waals surface area contributed by atoms with E-state index < -0.39 is 0 Å². The van der Waals surface area contributed by atoms with E-state index in [1.54, 1.807) is 14.2 Å². The number of ether oxygens (including phenoxy) is 2. The zero-order valence-corrected chi connectivity index (χ0v) is 16.9. The summed E-state index contributed by atoms with van der Waals surface area (Å²) in [4.78, 5) is 23.9. The number of nitrogens with zero attached hydrogens (tertiary/aromatic N) is 1. The van der Waals surface area contributed by atoms with Gasteiger partial charge >= 0.3 is 0 Å². The van der Waals surface area contributed by atoms with Gasteiger partial charge in [0.25, 0.3) is 0 Å². The molecule has 1 aliphatic carbocycles. The molecule has 0 unspecified atom stereocenters. The minimum Gasteiger partial charge on any atom is -0.493 e. The van der Waals surface area contributed by atoms with Crippen LogP contribution in [0.1, 0.15) is 56.9 Å². The number of carbonyl (C=O) groups excluding carboxylic acids is 2. The maximum absolute atomic E-state index is 12.0. The Bertz CT molecular complexity index is 678. The summed E-state index contributed by atoms with van der Waals surface area (Å²) in [6.45, 7) is 0.441. The van der Waals surface area contributed by atoms with Crippen LogP contribution in [0.4, 0.5) is 0 Å². The second kappa shape index (κ2) is 12.0. The van der Waals surface area contributed by atoms with Crippen molar-refractivity contribution < 1.29 is 19.1 Å². The molecule has 0 radical (unpaired) electrons. The molecule has 2 amide bonds. The predicted octanol–water partition coefficient (Wildman–Crippen LogP) is 2.97. The summed E-state index contributed by atoms with van der Waals surface area (Å²) in [6.07, 6.45) is 8.22. The highest BCUT2D eigenvalue weighted by atomic mass is 16.5. The number of methoxy groups -OCH3 is 2. The lowest BCUT2D eigenvalue weighted by molar-refractivity contribution is -0.129. The molecular formula is C21H31N3O4. The Morgan fingerprint density at radius 3 is 2.32 bits per heavy atom. The maximum Gasteiger partial charge on any atom is 0.249 e. The van der Waals surface area contributed by atoms with Crippen molar-refractivity contribution in [3.8, 4) is 11.5 Å². The molecule has 7 heteroatoms. The molecule has 0 bridgehead atoms. The SMILES string of the molecule is COc1ccc(CCNC(=O)CC(=O)NN=C2CCCCCCC2)cc1OC. The number of hydrazone groups is 1. The average Bonchev–Trinajstić information content (AvgIpc) is 2.67. The number of nitrogens with one attached hydrogen (secondary N) is 2. The highest BCUT2D eigenvalue weighted by Crippen LogP contribution is 2.27. The monoisotopic (exact) mass is 389 g/mol. The first kappa shape index (κ1) is 21.7. The number of rotatable bonds is 8. The molecule has 28 heavy (non-hydrogen) atoms. The Morgan fingerprint density at radius 1 is 0.964 bits per heavy atom. The molecule has 2 rings (SSSR count). The predicted molar refractivity (Wildman–Crippen MR) is 109 cm³/mol. The van der Waals surface area contributed by atoms with Gasteiger partial charge in [-0.15, -0.1) is 0 Å². The van der Waals surface area contributed by atoms with Crippen LogP contribution in [0.5, 0.6) is 11.5 Å². The van der Waals surface area contributed by atoms with Gasteiger partial charge in [0, 0.05) is 12.3 Å². The van der Waals surface area contributed by atoms with E-state index in [-0.39, 0.29) is 18.2 Å². The summed E-state index contributed by atoms with van der Waals surface area (Å²) >= 11 is 0. The van der Waals surface area contributed by atoms with Gasteiger partial charge in [-0.1, -0.05) is 25.3 Å². The lowest BCUT2D eigenvalue weighted by atomic mass is 9.99. The summed E-state index contributed by atoms with van der Waals surface area (Å²) in [5, 5.41) is 6.98. The Morgan fingerprint density at radius 2 is 1.64 bits per heavy atom. The standard InChI is InChI=1S/C21H31N3O4/c1-27-18-11-10-16(14-19(18)28-2)12-13-22-20(25)15-21(26)24-23-17-8-6-4-3-5-7-9-17/h10-11,14H,3-9,12-13,15H2,1-2H3,(H,22,25)(H,24,26). The van der Waals surface area contributed by atoms with Gasteiger partial charge in [0.1, 0.15) is 6.42 Å². The molecule has 0 aliphatic heterocycles. The van der Waals surface area contributed by atoms with Crippen molar-refractivity contribution in [1.82, 2.24) is 10.7 Å². The van der Waals surface area contributed by atoms with Gasteiger partial charge in [0.05, 0.1) is 14.2 Å². The first-order chi connectivity index (χ1) is 13.6. The molecule has 0 atom stereocenters. The summed E-state index contributed by atoms with van der Waals surface area (Å²) in [7, 11) is 3.17. The van der Waals surface area contributed by atoms with Crippen LogP contribution < -0.4 is 20.2 Å². The van der Waals surface area contributed by atoms with Gasteiger partial charge in [0.15, 0.2) is 11.5 Å². The van der Waals surface area contributed by atoms with Crippen LogP contribution in [0.25, 0.3) is 0 Å². The largest absolute Gasteiger partial charge is 0.493 e. The average molecular weight is 389 g/mol. The molecule has 1 aliphatic rings. The molecule has 1 saturated carbocycles. The smallest absolute Gasteiger partial charge is 0.249 e. The van der Waals surface area contributed by atoms with Crippen molar-refractivity contribution in [3.05, 3.63) is 23.8 Å². The fraction of sp³-hybridized carbons (Fsp3) is 0.571. The summed E-state index contributed by atoms with van der Waals surface area (Å²) in [6, 6.07) is 5.63. The lowest BCUT2D eigenvalue weighted by Crippen LogP contribution is -2.31. The summed E-state index contributed by atoms with van der Waals surface area (Å²) in [5.41, 5.74) is 4.57. The van der Waals surface area contributed by atoms with Gasteiger partial charge < -0.3 is 14.8 Å². The molecule has 0 spiro atoms. The molecular weight excluding hydrogens is 358 g/mol. The molecule has 1 aromatic carbocycles. The highest BCUT2D eigenvalue weighted by Gasteiger charge is 2.10. The Balaban J connectivity index is 1.71. The van der Waals surface area contributed by atoms with Crippen molar-refractivity contribution in [2.75, 3.05) is 20.8 Å². The Hall–Kier alpha value is -2.57. The highest BCUT2D eigenvalue weighted by molar-refractivity contribution is 5.97. The molecule has 2 N–H and O–H groups in total. The topological polar surface area (TPSA) is 89.0 Å². The van der Waals surface area contributed by atoms with Crippen LogP contribution >= 0.6 is 0 Å². The van der Waals surface area contributed by atoms with Gasteiger partial charge in [-0.3, -0.25) is 9.59 Å². The number of hydrogen-bond donors (Lipinski definition) is 2. The lowest BCUT2D eigenvalue weighted by Gasteiger charge is -2.11. The third kappa shape index (κ3) is 7.58. The summed E-state index contributed by atoms with van der Waals surface area (Å²) < 4.78 is 10.5. The number of hydrogen-bond acceptors (Lipinski definition) is 5. The van der Waals surface area contributed by atoms with E-state index in [1.165, 1.54) is 19.3 Å². The van der Waals surface area contributed by atoms with Crippen LogP contribution in [-0.2, 0) is 16.0 Å². The zero-order valence-electron chi connectivity index (χ0n) is 16.9. The third-order valence-electron chi connectivity index (χ3n) is 4.77. The zero-order chi connectivity index (χ0) is 20.2. The van der Waals surface area contributed by atoms with Crippen LogP contribution in [0.2, 0.25) is 0 Å². The van der Waals surface area contributed by atoms with Crippen molar-refractivity contribution in [2.24, 2.45) is 5.10 Å². The maximum atomic E-state index is 12.0. The van der Waals surface area contributed by atoms with E-state index in [4.69, 9.17) is 9.47 Å². The van der Waals surface area contributed by atoms with Gasteiger partial charge in [-0.2, -0.15) is 5.10 Å². The van der Waals surface area contributed by atoms with Gasteiger partial charge in [0.2, 0.25) is 11.8 Å². The second-order valence-electron chi connectivity index (χ2n) is 6.95. The van der Waals surface area contributed by atoms with Crippen LogP contribution in [0.3, 0.4) is 0 Å². The normalized spacial score (nSPS) is 14.4. The molecule has 7 nitrogen and oxygen atoms in total. The molecule has 1 fully saturated rings. The van der Waals surface area contributed by atoms with E-state index in [9.17, 15) is 9.59 Å².